The van der Waals surface area contributed by atoms with E-state index in [0.717, 1.165) is 19.4 Å². The van der Waals surface area contributed by atoms with Crippen LogP contribution in [0.2, 0.25) is 0 Å². The number of nitrogens with two attached hydrogens (primary N) is 1. The van der Waals surface area contributed by atoms with Crippen molar-refractivity contribution in [3.63, 3.8) is 0 Å². The van der Waals surface area contributed by atoms with Crippen LogP contribution >= 0.6 is 0 Å². The van der Waals surface area contributed by atoms with E-state index in [4.69, 9.17) is 15.6 Å². The molecule has 114 valence electrons. The van der Waals surface area contributed by atoms with Gasteiger partial charge in [-0.15, -0.1) is 0 Å². The van der Waals surface area contributed by atoms with Crippen LogP contribution in [0.15, 0.2) is 0 Å². The Balaban J connectivity index is 2.06. The summed E-state index contributed by atoms with van der Waals surface area (Å²) < 4.78 is 5.75. The molecule has 1 amide bonds. The summed E-state index contributed by atoms with van der Waals surface area (Å²) in [5.41, 5.74) is 4.99. The number of carbonyl (C=O) groups excluding carboxylic acids is 1. The van der Waals surface area contributed by atoms with Crippen LogP contribution in [0.3, 0.4) is 0 Å². The predicted octanol–water partition coefficient (Wildman–Crippen LogP) is 0.356. The molecular weight excluding hydrogens is 260 g/mol. The lowest BCUT2D eigenvalue weighted by molar-refractivity contribution is -0.225. The summed E-state index contributed by atoms with van der Waals surface area (Å²) in [7, 11) is 0. The monoisotopic (exact) mass is 284 g/mol. The van der Waals surface area contributed by atoms with Gasteiger partial charge in [-0.05, 0) is 12.8 Å². The van der Waals surface area contributed by atoms with Gasteiger partial charge in [-0.25, -0.2) is 0 Å². The number of carboxylic acid groups (broad SMARTS) is 1. The van der Waals surface area contributed by atoms with Gasteiger partial charge in [-0.3, -0.25) is 9.59 Å². The molecule has 0 aromatic carbocycles. The van der Waals surface area contributed by atoms with Gasteiger partial charge in [0.05, 0.1) is 12.0 Å². The molecule has 0 radical (unpaired) electrons. The minimum atomic E-state index is -0.976. The summed E-state index contributed by atoms with van der Waals surface area (Å²) in [5, 5.41) is 11.6. The molecule has 0 bridgehead atoms. The van der Waals surface area contributed by atoms with Crippen LogP contribution in [-0.4, -0.2) is 41.8 Å². The molecule has 6 heteroatoms. The lowest BCUT2D eigenvalue weighted by atomic mass is 9.46. The summed E-state index contributed by atoms with van der Waals surface area (Å²) in [6.07, 6.45) is 1.81. The number of carbonyl (C=O) groups is 2. The van der Waals surface area contributed by atoms with Crippen molar-refractivity contribution in [3.05, 3.63) is 0 Å². The minimum Gasteiger partial charge on any atom is -0.481 e. The number of ether oxygens (including phenoxy) is 1. The van der Waals surface area contributed by atoms with Crippen LogP contribution in [0.25, 0.3) is 0 Å². The molecule has 0 aromatic rings. The molecule has 1 saturated carbocycles. The molecule has 1 heterocycles. The fourth-order valence-corrected chi connectivity index (χ4v) is 3.52. The van der Waals surface area contributed by atoms with Crippen LogP contribution < -0.4 is 11.1 Å². The molecule has 1 aliphatic carbocycles. The average molecular weight is 284 g/mol. The number of hydrogen-bond donors (Lipinski definition) is 3. The molecule has 4 unspecified atom stereocenters. The maximum atomic E-state index is 12.5. The van der Waals surface area contributed by atoms with Gasteiger partial charge in [0.25, 0.3) is 0 Å². The number of carboxylic acids is 1. The molecule has 6 nitrogen and oxygen atoms in total. The zero-order chi connectivity index (χ0) is 15.1. The van der Waals surface area contributed by atoms with E-state index in [1.165, 1.54) is 0 Å². The zero-order valence-electron chi connectivity index (χ0n) is 12.3. The Labute approximate surface area is 119 Å². The first kappa shape index (κ1) is 15.3. The maximum absolute atomic E-state index is 12.5. The Morgan fingerprint density at radius 3 is 2.75 bits per heavy atom. The van der Waals surface area contributed by atoms with Crippen LogP contribution in [0.4, 0.5) is 0 Å². The molecule has 0 aromatic heterocycles. The fourth-order valence-electron chi connectivity index (χ4n) is 3.52. The van der Waals surface area contributed by atoms with Crippen molar-refractivity contribution in [1.29, 1.82) is 0 Å². The van der Waals surface area contributed by atoms with E-state index in [9.17, 15) is 9.59 Å². The third-order valence-electron chi connectivity index (χ3n) is 5.05. The van der Waals surface area contributed by atoms with Crippen molar-refractivity contribution in [2.24, 2.45) is 23.0 Å². The summed E-state index contributed by atoms with van der Waals surface area (Å²) >= 11 is 0. The molecule has 0 spiro atoms. The van der Waals surface area contributed by atoms with Crippen molar-refractivity contribution < 1.29 is 19.4 Å². The second kappa shape index (κ2) is 5.00. The quantitative estimate of drug-likeness (QED) is 0.691. The molecule has 4 N–H and O–H groups in total. The summed E-state index contributed by atoms with van der Waals surface area (Å²) in [4.78, 5) is 23.3. The topological polar surface area (TPSA) is 102 Å². The molecule has 1 aliphatic heterocycles. The number of rotatable bonds is 4. The Morgan fingerprint density at radius 2 is 2.15 bits per heavy atom. The Kier molecular flexibility index (Phi) is 3.81. The first-order valence-corrected chi connectivity index (χ1v) is 7.14. The standard InChI is InChI=1S/C14H24N2O4/c1-8(11(17)18)7-16-12(19)14(15)9-5-4-6-20-10(9)13(14,2)3/h8-10H,4-7,15H2,1-3H3,(H,16,19)(H,17,18). The smallest absolute Gasteiger partial charge is 0.308 e. The lowest BCUT2D eigenvalue weighted by Gasteiger charge is -2.65. The van der Waals surface area contributed by atoms with Gasteiger partial charge in [0.2, 0.25) is 5.91 Å². The van der Waals surface area contributed by atoms with E-state index in [1.54, 1.807) is 6.92 Å². The van der Waals surface area contributed by atoms with Gasteiger partial charge in [0.15, 0.2) is 0 Å². The molecule has 2 fully saturated rings. The van der Waals surface area contributed by atoms with Crippen LogP contribution in [0.1, 0.15) is 33.6 Å². The van der Waals surface area contributed by atoms with Gasteiger partial charge in [0, 0.05) is 24.5 Å². The lowest BCUT2D eigenvalue weighted by Crippen LogP contribution is -2.82. The summed E-state index contributed by atoms with van der Waals surface area (Å²) in [5.74, 6) is -1.79. The highest BCUT2D eigenvalue weighted by atomic mass is 16.5. The van der Waals surface area contributed by atoms with Crippen LogP contribution in [0, 0.1) is 17.3 Å². The largest absolute Gasteiger partial charge is 0.481 e. The highest BCUT2D eigenvalue weighted by molar-refractivity contribution is 5.89. The molecule has 4 atom stereocenters. The van der Waals surface area contributed by atoms with Crippen molar-refractivity contribution in [2.75, 3.05) is 13.2 Å². The van der Waals surface area contributed by atoms with Crippen molar-refractivity contribution in [2.45, 2.75) is 45.3 Å². The van der Waals surface area contributed by atoms with Crippen molar-refractivity contribution in [1.82, 2.24) is 5.32 Å². The highest BCUT2D eigenvalue weighted by Crippen LogP contribution is 2.57. The van der Waals surface area contributed by atoms with E-state index in [2.05, 4.69) is 5.32 Å². The number of aliphatic carboxylic acids is 1. The summed E-state index contributed by atoms with van der Waals surface area (Å²) in [6.45, 7) is 6.27. The Bertz CT molecular complexity index is 423. The normalized spacial score (nSPS) is 36.4. The van der Waals surface area contributed by atoms with E-state index in [0.29, 0.717) is 0 Å². The molecule has 1 saturated heterocycles. The summed E-state index contributed by atoms with van der Waals surface area (Å²) in [6, 6.07) is 0. The average Bonchev–Trinajstić information content (AvgIpc) is 2.43. The van der Waals surface area contributed by atoms with Gasteiger partial charge in [0.1, 0.15) is 5.54 Å². The molecule has 20 heavy (non-hydrogen) atoms. The number of amides is 1. The third-order valence-corrected chi connectivity index (χ3v) is 5.05. The molecule has 2 aliphatic rings. The first-order chi connectivity index (χ1) is 9.23. The number of nitrogens with one attached hydrogen (secondary N) is 1. The highest BCUT2D eigenvalue weighted by Gasteiger charge is 2.70. The fraction of sp³-hybridized carbons (Fsp3) is 0.857. The van der Waals surface area contributed by atoms with Gasteiger partial charge < -0.3 is 20.9 Å². The number of fused-ring (bicyclic) bond motifs is 1. The van der Waals surface area contributed by atoms with E-state index in [-0.39, 0.29) is 24.5 Å². The van der Waals surface area contributed by atoms with Crippen LogP contribution in [0.5, 0.6) is 0 Å². The number of hydrogen-bond acceptors (Lipinski definition) is 4. The zero-order valence-corrected chi connectivity index (χ0v) is 12.3. The van der Waals surface area contributed by atoms with Crippen molar-refractivity contribution >= 4 is 11.9 Å². The van der Waals surface area contributed by atoms with Gasteiger partial charge in [-0.1, -0.05) is 20.8 Å². The van der Waals surface area contributed by atoms with E-state index >= 15 is 0 Å². The van der Waals surface area contributed by atoms with Gasteiger partial charge in [-0.2, -0.15) is 0 Å². The third kappa shape index (κ3) is 2.02. The van der Waals surface area contributed by atoms with E-state index in [1.807, 2.05) is 13.8 Å². The van der Waals surface area contributed by atoms with Crippen LogP contribution in [-0.2, 0) is 14.3 Å². The SMILES string of the molecule is CC(CNC(=O)C1(N)C2CCCOC2C1(C)C)C(=O)O. The van der Waals surface area contributed by atoms with Crippen molar-refractivity contribution in [3.8, 4) is 0 Å². The molecule has 2 rings (SSSR count). The Morgan fingerprint density at radius 1 is 1.50 bits per heavy atom. The second-order valence-electron chi connectivity index (χ2n) is 6.58. The molecular formula is C14H24N2O4. The minimum absolute atomic E-state index is 0.0175. The van der Waals surface area contributed by atoms with Gasteiger partial charge >= 0.3 is 5.97 Å². The first-order valence-electron chi connectivity index (χ1n) is 7.14. The predicted molar refractivity (Wildman–Crippen MR) is 73.0 cm³/mol. The Hall–Kier alpha value is -1.14. The second-order valence-corrected chi connectivity index (χ2v) is 6.58. The van der Waals surface area contributed by atoms with E-state index < -0.39 is 22.8 Å². The maximum Gasteiger partial charge on any atom is 0.308 e.